The maximum absolute atomic E-state index is 8.64. The largest absolute Gasteiger partial charge is 0.388 e. The van der Waals surface area contributed by atoms with Crippen molar-refractivity contribution < 1.29 is 0 Å². The first kappa shape index (κ1) is 10.9. The molecule has 2 N–H and O–H groups in total. The van der Waals surface area contributed by atoms with Crippen molar-refractivity contribution in [3.8, 4) is 6.07 Å². The minimum Gasteiger partial charge on any atom is -0.388 e. The molecule has 1 aromatic heterocycles. The Morgan fingerprint density at radius 3 is 2.93 bits per heavy atom. The van der Waals surface area contributed by atoms with Crippen LogP contribution in [0.3, 0.4) is 0 Å². The second-order valence-corrected chi connectivity index (χ2v) is 4.10. The molecule has 0 saturated heterocycles. The molecule has 0 spiro atoms. The van der Waals surface area contributed by atoms with E-state index >= 15 is 0 Å². The van der Waals surface area contributed by atoms with E-state index < -0.39 is 0 Å². The maximum atomic E-state index is 8.64. The van der Waals surface area contributed by atoms with Crippen molar-refractivity contribution in [2.24, 2.45) is 5.92 Å². The number of rotatable bonds is 4. The standard InChI is InChI=1S/C8H13N5S/c1-6(3-9)4-13(2)5-7-8(10)14-12-11-7/h6H,4-5,10H2,1-2H3. The lowest BCUT2D eigenvalue weighted by Crippen LogP contribution is -2.23. The minimum absolute atomic E-state index is 0.0211. The van der Waals surface area contributed by atoms with Gasteiger partial charge in [0, 0.05) is 24.6 Å². The Morgan fingerprint density at radius 2 is 2.43 bits per heavy atom. The van der Waals surface area contributed by atoms with Gasteiger partial charge in [-0.25, -0.2) is 0 Å². The summed E-state index contributed by atoms with van der Waals surface area (Å²) in [4.78, 5) is 2.01. The molecular weight excluding hydrogens is 198 g/mol. The first-order valence-electron chi connectivity index (χ1n) is 4.28. The molecule has 0 aliphatic rings. The smallest absolute Gasteiger partial charge is 0.132 e. The highest BCUT2D eigenvalue weighted by molar-refractivity contribution is 7.09. The lowest BCUT2D eigenvalue weighted by Gasteiger charge is -2.16. The van der Waals surface area contributed by atoms with Crippen LogP contribution in [0.25, 0.3) is 0 Å². The van der Waals surface area contributed by atoms with Gasteiger partial charge in [-0.2, -0.15) is 5.26 Å². The van der Waals surface area contributed by atoms with Crippen molar-refractivity contribution in [2.75, 3.05) is 19.3 Å². The lowest BCUT2D eigenvalue weighted by molar-refractivity contribution is 0.300. The molecule has 76 valence electrons. The molecule has 0 aliphatic heterocycles. The molecule has 5 nitrogen and oxygen atoms in total. The lowest BCUT2D eigenvalue weighted by atomic mass is 10.2. The van der Waals surface area contributed by atoms with Gasteiger partial charge in [0.2, 0.25) is 0 Å². The summed E-state index contributed by atoms with van der Waals surface area (Å²) in [6, 6.07) is 2.18. The average Bonchev–Trinajstić information content (AvgIpc) is 2.51. The number of nitriles is 1. The molecule has 1 unspecified atom stereocenters. The molecule has 0 aromatic carbocycles. The quantitative estimate of drug-likeness (QED) is 0.793. The van der Waals surface area contributed by atoms with Crippen LogP contribution in [0.5, 0.6) is 0 Å². The van der Waals surface area contributed by atoms with Crippen LogP contribution in [0.4, 0.5) is 5.00 Å². The van der Waals surface area contributed by atoms with E-state index in [1.807, 2.05) is 18.9 Å². The molecule has 0 saturated carbocycles. The van der Waals surface area contributed by atoms with Crippen LogP contribution in [0.1, 0.15) is 12.6 Å². The van der Waals surface area contributed by atoms with Crippen molar-refractivity contribution >= 4 is 16.5 Å². The highest BCUT2D eigenvalue weighted by Crippen LogP contribution is 2.14. The van der Waals surface area contributed by atoms with Gasteiger partial charge >= 0.3 is 0 Å². The molecule has 0 bridgehead atoms. The zero-order valence-electron chi connectivity index (χ0n) is 8.27. The summed E-state index contributed by atoms with van der Waals surface area (Å²) in [6.45, 7) is 3.25. The van der Waals surface area contributed by atoms with Crippen LogP contribution in [-0.4, -0.2) is 28.1 Å². The third-order valence-electron chi connectivity index (χ3n) is 1.81. The molecule has 1 rings (SSSR count). The maximum Gasteiger partial charge on any atom is 0.132 e. The van der Waals surface area contributed by atoms with Crippen LogP contribution < -0.4 is 5.73 Å². The second-order valence-electron chi connectivity index (χ2n) is 3.31. The van der Waals surface area contributed by atoms with E-state index in [2.05, 4.69) is 15.7 Å². The van der Waals surface area contributed by atoms with E-state index in [0.717, 1.165) is 5.69 Å². The van der Waals surface area contributed by atoms with Crippen molar-refractivity contribution in [3.05, 3.63) is 5.69 Å². The third kappa shape index (κ3) is 2.94. The van der Waals surface area contributed by atoms with Crippen LogP contribution in [0.2, 0.25) is 0 Å². The van der Waals surface area contributed by atoms with Gasteiger partial charge in [0.15, 0.2) is 0 Å². The topological polar surface area (TPSA) is 78.8 Å². The van der Waals surface area contributed by atoms with E-state index in [1.54, 1.807) is 0 Å². The van der Waals surface area contributed by atoms with Gasteiger partial charge in [-0.05, 0) is 14.0 Å². The summed E-state index contributed by atoms with van der Waals surface area (Å²) in [6.07, 6.45) is 0. The Labute approximate surface area is 87.3 Å². The normalized spacial score (nSPS) is 12.7. The molecular formula is C8H13N5S. The third-order valence-corrected chi connectivity index (χ3v) is 2.41. The van der Waals surface area contributed by atoms with Crippen LogP contribution in [0.15, 0.2) is 0 Å². The van der Waals surface area contributed by atoms with Crippen LogP contribution in [-0.2, 0) is 6.54 Å². The predicted molar refractivity (Wildman–Crippen MR) is 55.4 cm³/mol. The van der Waals surface area contributed by atoms with E-state index in [0.29, 0.717) is 18.1 Å². The summed E-state index contributed by atoms with van der Waals surface area (Å²) < 4.78 is 3.75. The second kappa shape index (κ2) is 4.88. The molecule has 6 heteroatoms. The van der Waals surface area contributed by atoms with Gasteiger partial charge in [0.05, 0.1) is 12.0 Å². The summed E-state index contributed by atoms with van der Waals surface area (Å²) >= 11 is 1.20. The molecule has 0 aliphatic carbocycles. The molecule has 0 fully saturated rings. The molecule has 1 atom stereocenters. The number of aromatic nitrogens is 2. The van der Waals surface area contributed by atoms with Crippen molar-refractivity contribution in [2.45, 2.75) is 13.5 Å². The van der Waals surface area contributed by atoms with Gasteiger partial charge in [0.25, 0.3) is 0 Å². The van der Waals surface area contributed by atoms with E-state index in [-0.39, 0.29) is 5.92 Å². The monoisotopic (exact) mass is 211 g/mol. The first-order valence-corrected chi connectivity index (χ1v) is 5.05. The summed E-state index contributed by atoms with van der Waals surface area (Å²) in [5, 5.41) is 13.2. The summed E-state index contributed by atoms with van der Waals surface area (Å²) in [5.41, 5.74) is 6.45. The predicted octanol–water partition coefficient (Wildman–Crippen LogP) is 0.712. The van der Waals surface area contributed by atoms with Gasteiger partial charge in [-0.3, -0.25) is 4.90 Å². The number of nitrogen functional groups attached to an aromatic ring is 1. The van der Waals surface area contributed by atoms with Gasteiger partial charge in [0.1, 0.15) is 10.7 Å². The van der Waals surface area contributed by atoms with E-state index in [4.69, 9.17) is 11.0 Å². The zero-order valence-corrected chi connectivity index (χ0v) is 9.08. The SMILES string of the molecule is CC(C#N)CN(C)Cc1nnsc1N. The van der Waals surface area contributed by atoms with Gasteiger partial charge in [-0.1, -0.05) is 4.49 Å². The summed E-state index contributed by atoms with van der Waals surface area (Å²) in [7, 11) is 1.94. The van der Waals surface area contributed by atoms with E-state index in [9.17, 15) is 0 Å². The Bertz CT molecular complexity index is 329. The fourth-order valence-electron chi connectivity index (χ4n) is 1.15. The van der Waals surface area contributed by atoms with E-state index in [1.165, 1.54) is 11.5 Å². The highest BCUT2D eigenvalue weighted by Gasteiger charge is 2.10. The fourth-order valence-corrected chi connectivity index (χ4v) is 1.59. The van der Waals surface area contributed by atoms with Gasteiger partial charge < -0.3 is 5.73 Å². The summed E-state index contributed by atoms with van der Waals surface area (Å²) in [5.74, 6) is 0.0211. The number of anilines is 1. The fraction of sp³-hybridized carbons (Fsp3) is 0.625. The molecule has 14 heavy (non-hydrogen) atoms. The number of hydrogen-bond donors (Lipinski definition) is 1. The van der Waals surface area contributed by atoms with Crippen molar-refractivity contribution in [1.82, 2.24) is 14.5 Å². The zero-order chi connectivity index (χ0) is 10.6. The van der Waals surface area contributed by atoms with Crippen molar-refractivity contribution in [1.29, 1.82) is 5.26 Å². The number of nitrogens with zero attached hydrogens (tertiary/aromatic N) is 4. The molecule has 1 aromatic rings. The average molecular weight is 211 g/mol. The van der Waals surface area contributed by atoms with Crippen molar-refractivity contribution in [3.63, 3.8) is 0 Å². The molecule has 0 radical (unpaired) electrons. The Morgan fingerprint density at radius 1 is 1.71 bits per heavy atom. The first-order chi connectivity index (χ1) is 6.63. The minimum atomic E-state index is 0.0211. The van der Waals surface area contributed by atoms with Crippen LogP contribution >= 0.6 is 11.5 Å². The Balaban J connectivity index is 2.46. The Kier molecular flexibility index (Phi) is 3.80. The Hall–Kier alpha value is -1.19. The number of nitrogens with two attached hydrogens (primary N) is 1. The highest BCUT2D eigenvalue weighted by atomic mass is 32.1. The van der Waals surface area contributed by atoms with Gasteiger partial charge in [-0.15, -0.1) is 5.10 Å². The molecule has 0 amide bonds. The van der Waals surface area contributed by atoms with Crippen LogP contribution in [0, 0.1) is 17.2 Å². The molecule has 1 heterocycles. The number of hydrogen-bond acceptors (Lipinski definition) is 6.